The number of hydrogen-bond donors (Lipinski definition) is 1. The topological polar surface area (TPSA) is 28.2 Å². The maximum Gasteiger partial charge on any atom is 0.128 e. The highest BCUT2D eigenvalue weighted by Gasteiger charge is 2.15. The van der Waals surface area contributed by atoms with Crippen LogP contribution < -0.4 is 10.2 Å². The van der Waals surface area contributed by atoms with Gasteiger partial charge in [0.15, 0.2) is 0 Å². The molecular weight excluding hydrogens is 246 g/mol. The summed E-state index contributed by atoms with van der Waals surface area (Å²) in [6, 6.07) is 4.36. The summed E-state index contributed by atoms with van der Waals surface area (Å²) in [5.74, 6) is 2.00. The number of nitrogens with zero attached hydrogens (tertiary/aromatic N) is 2. The van der Waals surface area contributed by atoms with Gasteiger partial charge in [-0.05, 0) is 63.6 Å². The lowest BCUT2D eigenvalue weighted by atomic mass is 10.0. The molecule has 1 aliphatic rings. The van der Waals surface area contributed by atoms with Crippen molar-refractivity contribution in [2.75, 3.05) is 18.0 Å². The third kappa shape index (κ3) is 4.78. The van der Waals surface area contributed by atoms with Crippen LogP contribution in [0.4, 0.5) is 5.82 Å². The Hall–Kier alpha value is -1.09. The SMILES string of the molecule is CC1CCCN(c2cc(CNC(C)(C)C)ccn2)CC1. The normalized spacial score (nSPS) is 20.8. The summed E-state index contributed by atoms with van der Waals surface area (Å²) in [5, 5.41) is 3.54. The molecular formula is C17H29N3. The van der Waals surface area contributed by atoms with Crippen LogP contribution in [0.2, 0.25) is 0 Å². The van der Waals surface area contributed by atoms with Crippen molar-refractivity contribution in [3.05, 3.63) is 23.9 Å². The molecule has 2 heterocycles. The summed E-state index contributed by atoms with van der Waals surface area (Å²) in [4.78, 5) is 7.02. The Bertz CT molecular complexity index is 422. The molecule has 0 bridgehead atoms. The monoisotopic (exact) mass is 275 g/mol. The van der Waals surface area contributed by atoms with Crippen LogP contribution in [0.15, 0.2) is 18.3 Å². The molecule has 0 amide bonds. The van der Waals surface area contributed by atoms with E-state index in [1.165, 1.54) is 24.8 Å². The van der Waals surface area contributed by atoms with Gasteiger partial charge in [-0.1, -0.05) is 6.92 Å². The molecule has 0 aliphatic carbocycles. The minimum atomic E-state index is 0.154. The van der Waals surface area contributed by atoms with Crippen LogP contribution in [0.1, 0.15) is 52.5 Å². The first-order valence-corrected chi connectivity index (χ1v) is 7.89. The molecule has 1 atom stereocenters. The third-order valence-corrected chi connectivity index (χ3v) is 3.97. The average molecular weight is 275 g/mol. The molecule has 0 radical (unpaired) electrons. The molecule has 20 heavy (non-hydrogen) atoms. The fourth-order valence-electron chi connectivity index (χ4n) is 2.60. The van der Waals surface area contributed by atoms with Crippen LogP contribution in [0.3, 0.4) is 0 Å². The van der Waals surface area contributed by atoms with Gasteiger partial charge in [0.2, 0.25) is 0 Å². The van der Waals surface area contributed by atoms with Crippen molar-refractivity contribution in [1.29, 1.82) is 0 Å². The third-order valence-electron chi connectivity index (χ3n) is 3.97. The molecule has 1 fully saturated rings. The fourth-order valence-corrected chi connectivity index (χ4v) is 2.60. The van der Waals surface area contributed by atoms with Crippen LogP contribution in [0, 0.1) is 5.92 Å². The van der Waals surface area contributed by atoms with E-state index in [-0.39, 0.29) is 5.54 Å². The summed E-state index contributed by atoms with van der Waals surface area (Å²) >= 11 is 0. The van der Waals surface area contributed by atoms with Crippen LogP contribution >= 0.6 is 0 Å². The second-order valence-corrected chi connectivity index (χ2v) is 7.15. The molecule has 1 N–H and O–H groups in total. The maximum absolute atomic E-state index is 4.57. The smallest absolute Gasteiger partial charge is 0.128 e. The molecule has 3 heteroatoms. The van der Waals surface area contributed by atoms with E-state index in [1.807, 2.05) is 6.20 Å². The lowest BCUT2D eigenvalue weighted by Gasteiger charge is -2.23. The first kappa shape index (κ1) is 15.3. The van der Waals surface area contributed by atoms with Crippen molar-refractivity contribution < 1.29 is 0 Å². The van der Waals surface area contributed by atoms with Gasteiger partial charge in [-0.2, -0.15) is 0 Å². The first-order chi connectivity index (χ1) is 9.44. The van der Waals surface area contributed by atoms with Crippen LogP contribution in [0.25, 0.3) is 0 Å². The van der Waals surface area contributed by atoms with Gasteiger partial charge in [0.05, 0.1) is 0 Å². The van der Waals surface area contributed by atoms with Gasteiger partial charge in [-0.25, -0.2) is 4.98 Å². The zero-order chi connectivity index (χ0) is 14.6. The van der Waals surface area contributed by atoms with Crippen molar-refractivity contribution in [1.82, 2.24) is 10.3 Å². The van der Waals surface area contributed by atoms with Crippen molar-refractivity contribution >= 4 is 5.82 Å². The fraction of sp³-hybridized carbons (Fsp3) is 0.706. The molecule has 1 unspecified atom stereocenters. The minimum Gasteiger partial charge on any atom is -0.357 e. The van der Waals surface area contributed by atoms with Gasteiger partial charge in [0, 0.05) is 31.4 Å². The molecule has 0 aromatic carbocycles. The molecule has 1 aromatic heterocycles. The Morgan fingerprint density at radius 2 is 2.10 bits per heavy atom. The van der Waals surface area contributed by atoms with Crippen LogP contribution in [-0.2, 0) is 6.54 Å². The van der Waals surface area contributed by atoms with Gasteiger partial charge in [0.1, 0.15) is 5.82 Å². The zero-order valence-corrected chi connectivity index (χ0v) is 13.4. The van der Waals surface area contributed by atoms with Crippen LogP contribution in [0.5, 0.6) is 0 Å². The molecule has 0 spiro atoms. The predicted molar refractivity (Wildman–Crippen MR) is 86.1 cm³/mol. The summed E-state index contributed by atoms with van der Waals surface area (Å²) in [5.41, 5.74) is 1.48. The Morgan fingerprint density at radius 3 is 2.85 bits per heavy atom. The van der Waals surface area contributed by atoms with Gasteiger partial charge in [0.25, 0.3) is 0 Å². The average Bonchev–Trinajstić information content (AvgIpc) is 2.61. The second-order valence-electron chi connectivity index (χ2n) is 7.15. The largest absolute Gasteiger partial charge is 0.357 e. The highest BCUT2D eigenvalue weighted by molar-refractivity contribution is 5.41. The van der Waals surface area contributed by atoms with E-state index in [0.717, 1.165) is 31.4 Å². The predicted octanol–water partition coefficient (Wildman–Crippen LogP) is 3.60. The van der Waals surface area contributed by atoms with Gasteiger partial charge >= 0.3 is 0 Å². The highest BCUT2D eigenvalue weighted by atomic mass is 15.2. The highest BCUT2D eigenvalue weighted by Crippen LogP contribution is 2.21. The number of aromatic nitrogens is 1. The summed E-state index contributed by atoms with van der Waals surface area (Å²) in [6.07, 6.45) is 5.87. The van der Waals surface area contributed by atoms with E-state index >= 15 is 0 Å². The number of pyridine rings is 1. The van der Waals surface area contributed by atoms with Crippen molar-refractivity contribution in [3.8, 4) is 0 Å². The standard InChI is InChI=1S/C17H29N3/c1-14-6-5-10-20(11-8-14)16-12-15(7-9-18-16)13-19-17(2,3)4/h7,9,12,14,19H,5-6,8,10-11,13H2,1-4H3. The van der Waals surface area contributed by atoms with Gasteiger partial charge in [-0.3, -0.25) is 0 Å². The van der Waals surface area contributed by atoms with E-state index < -0.39 is 0 Å². The molecule has 2 rings (SSSR count). The first-order valence-electron chi connectivity index (χ1n) is 7.89. The number of anilines is 1. The lowest BCUT2D eigenvalue weighted by Crippen LogP contribution is -2.35. The van der Waals surface area contributed by atoms with E-state index in [0.29, 0.717) is 0 Å². The Kier molecular flexibility index (Phi) is 5.03. The molecule has 1 saturated heterocycles. The number of rotatable bonds is 3. The van der Waals surface area contributed by atoms with E-state index in [2.05, 4.69) is 55.0 Å². The van der Waals surface area contributed by atoms with Crippen molar-refractivity contribution in [2.24, 2.45) is 5.92 Å². The molecule has 1 aliphatic heterocycles. The Morgan fingerprint density at radius 1 is 1.30 bits per heavy atom. The quantitative estimate of drug-likeness (QED) is 0.913. The maximum atomic E-state index is 4.57. The van der Waals surface area contributed by atoms with Gasteiger partial charge in [-0.15, -0.1) is 0 Å². The molecule has 0 saturated carbocycles. The van der Waals surface area contributed by atoms with Crippen molar-refractivity contribution in [2.45, 2.75) is 59.0 Å². The summed E-state index contributed by atoms with van der Waals surface area (Å²) in [7, 11) is 0. The Labute approximate surface area is 123 Å². The summed E-state index contributed by atoms with van der Waals surface area (Å²) < 4.78 is 0. The molecule has 3 nitrogen and oxygen atoms in total. The van der Waals surface area contributed by atoms with Crippen LogP contribution in [-0.4, -0.2) is 23.6 Å². The lowest BCUT2D eigenvalue weighted by molar-refractivity contribution is 0.424. The molecule has 112 valence electrons. The van der Waals surface area contributed by atoms with E-state index in [9.17, 15) is 0 Å². The van der Waals surface area contributed by atoms with Crippen molar-refractivity contribution in [3.63, 3.8) is 0 Å². The summed E-state index contributed by atoms with van der Waals surface area (Å²) in [6.45, 7) is 12.2. The van der Waals surface area contributed by atoms with E-state index in [1.54, 1.807) is 0 Å². The Balaban J connectivity index is 2.01. The van der Waals surface area contributed by atoms with Gasteiger partial charge < -0.3 is 10.2 Å². The minimum absolute atomic E-state index is 0.154. The number of hydrogen-bond acceptors (Lipinski definition) is 3. The molecule has 1 aromatic rings. The zero-order valence-electron chi connectivity index (χ0n) is 13.4. The second kappa shape index (κ2) is 6.57. The number of nitrogens with one attached hydrogen (secondary N) is 1. The van der Waals surface area contributed by atoms with E-state index in [4.69, 9.17) is 0 Å².